The third-order valence-corrected chi connectivity index (χ3v) is 4.83. The number of nitrogens with one attached hydrogen (secondary N) is 2. The highest BCUT2D eigenvalue weighted by atomic mass is 16.5. The van der Waals surface area contributed by atoms with Crippen molar-refractivity contribution < 1.29 is 14.3 Å². The lowest BCUT2D eigenvalue weighted by Crippen LogP contribution is -2.28. The molecule has 2 N–H and O–H groups in total. The molecule has 0 saturated carbocycles. The van der Waals surface area contributed by atoms with E-state index in [0.29, 0.717) is 18.8 Å². The number of fused-ring (bicyclic) bond motifs is 1. The highest BCUT2D eigenvalue weighted by Gasteiger charge is 2.34. The molecule has 4 rings (SSSR count). The van der Waals surface area contributed by atoms with Gasteiger partial charge in [0.2, 0.25) is 11.8 Å². The van der Waals surface area contributed by atoms with Crippen LogP contribution in [-0.4, -0.2) is 40.6 Å². The van der Waals surface area contributed by atoms with Gasteiger partial charge in [-0.15, -0.1) is 0 Å². The Morgan fingerprint density at radius 3 is 2.89 bits per heavy atom. The average molecular weight is 364 g/mol. The summed E-state index contributed by atoms with van der Waals surface area (Å²) in [6.45, 7) is 0.912. The van der Waals surface area contributed by atoms with Crippen molar-refractivity contribution in [2.24, 2.45) is 5.92 Å². The number of rotatable bonds is 5. The van der Waals surface area contributed by atoms with Crippen molar-refractivity contribution in [2.45, 2.75) is 13.0 Å². The SMILES string of the molecule is COc1ccc(CN2CC(C(=O)Nc3ccc4cn[nH]c4c3)CC2=O)cc1. The summed E-state index contributed by atoms with van der Waals surface area (Å²) in [7, 11) is 1.62. The fourth-order valence-electron chi connectivity index (χ4n) is 3.31. The molecule has 7 heteroatoms. The normalized spacial score (nSPS) is 16.7. The van der Waals surface area contributed by atoms with Crippen LogP contribution in [0.15, 0.2) is 48.7 Å². The van der Waals surface area contributed by atoms with E-state index in [9.17, 15) is 9.59 Å². The van der Waals surface area contributed by atoms with Crippen LogP contribution in [0.5, 0.6) is 5.75 Å². The van der Waals surface area contributed by atoms with Crippen LogP contribution in [0.1, 0.15) is 12.0 Å². The van der Waals surface area contributed by atoms with Gasteiger partial charge in [0.05, 0.1) is 24.7 Å². The van der Waals surface area contributed by atoms with Crippen LogP contribution in [0.2, 0.25) is 0 Å². The van der Waals surface area contributed by atoms with Crippen LogP contribution in [0, 0.1) is 5.92 Å². The largest absolute Gasteiger partial charge is 0.497 e. The predicted molar refractivity (Wildman–Crippen MR) is 101 cm³/mol. The monoisotopic (exact) mass is 364 g/mol. The first-order valence-corrected chi connectivity index (χ1v) is 8.77. The number of amides is 2. The van der Waals surface area contributed by atoms with Crippen molar-refractivity contribution in [3.05, 3.63) is 54.2 Å². The van der Waals surface area contributed by atoms with Gasteiger partial charge in [0, 0.05) is 30.6 Å². The molecule has 1 aliphatic rings. The number of anilines is 1. The van der Waals surface area contributed by atoms with Gasteiger partial charge in [-0.25, -0.2) is 0 Å². The lowest BCUT2D eigenvalue weighted by Gasteiger charge is -2.17. The van der Waals surface area contributed by atoms with E-state index in [1.807, 2.05) is 42.5 Å². The van der Waals surface area contributed by atoms with Crippen molar-refractivity contribution in [2.75, 3.05) is 19.0 Å². The van der Waals surface area contributed by atoms with Crippen LogP contribution in [0.3, 0.4) is 0 Å². The predicted octanol–water partition coefficient (Wildman–Crippen LogP) is 2.56. The minimum absolute atomic E-state index is 0.00464. The van der Waals surface area contributed by atoms with Crippen LogP contribution in [0.4, 0.5) is 5.69 Å². The summed E-state index contributed by atoms with van der Waals surface area (Å²) in [5, 5.41) is 10.7. The lowest BCUT2D eigenvalue weighted by atomic mass is 10.1. The number of hydrogen-bond acceptors (Lipinski definition) is 4. The quantitative estimate of drug-likeness (QED) is 0.728. The molecule has 1 aliphatic heterocycles. The minimum atomic E-state index is -0.354. The molecular formula is C20H20N4O3. The van der Waals surface area contributed by atoms with Crippen molar-refractivity contribution >= 4 is 28.4 Å². The van der Waals surface area contributed by atoms with E-state index in [0.717, 1.165) is 22.2 Å². The number of carbonyl (C=O) groups excluding carboxylic acids is 2. The molecule has 0 radical (unpaired) electrons. The van der Waals surface area contributed by atoms with Gasteiger partial charge < -0.3 is 15.0 Å². The molecule has 3 aromatic rings. The number of ether oxygens (including phenoxy) is 1. The van der Waals surface area contributed by atoms with Gasteiger partial charge >= 0.3 is 0 Å². The fraction of sp³-hybridized carbons (Fsp3) is 0.250. The smallest absolute Gasteiger partial charge is 0.229 e. The number of methoxy groups -OCH3 is 1. The van der Waals surface area contributed by atoms with Gasteiger partial charge in [-0.2, -0.15) is 5.10 Å². The zero-order valence-corrected chi connectivity index (χ0v) is 14.9. The number of hydrogen-bond donors (Lipinski definition) is 2. The number of benzene rings is 2. The second-order valence-corrected chi connectivity index (χ2v) is 6.68. The molecule has 0 aliphatic carbocycles. The van der Waals surface area contributed by atoms with Crippen molar-refractivity contribution in [3.8, 4) is 5.75 Å². The van der Waals surface area contributed by atoms with Crippen LogP contribution in [-0.2, 0) is 16.1 Å². The maximum Gasteiger partial charge on any atom is 0.229 e. The zero-order valence-electron chi connectivity index (χ0n) is 14.9. The summed E-state index contributed by atoms with van der Waals surface area (Å²) in [5.74, 6) is 0.278. The Labute approximate surface area is 156 Å². The molecule has 0 bridgehead atoms. The van der Waals surface area contributed by atoms with E-state index in [-0.39, 0.29) is 24.2 Å². The van der Waals surface area contributed by atoms with E-state index in [4.69, 9.17) is 4.74 Å². The topological polar surface area (TPSA) is 87.3 Å². The Morgan fingerprint density at radius 2 is 2.11 bits per heavy atom. The van der Waals surface area contributed by atoms with Crippen molar-refractivity contribution in [3.63, 3.8) is 0 Å². The fourth-order valence-corrected chi connectivity index (χ4v) is 3.31. The van der Waals surface area contributed by atoms with Gasteiger partial charge in [-0.3, -0.25) is 14.7 Å². The Bertz CT molecular complexity index is 980. The molecule has 1 atom stereocenters. The first-order valence-electron chi connectivity index (χ1n) is 8.77. The van der Waals surface area contributed by atoms with E-state index in [1.165, 1.54) is 0 Å². The van der Waals surface area contributed by atoms with E-state index in [1.54, 1.807) is 18.2 Å². The molecule has 1 saturated heterocycles. The highest BCUT2D eigenvalue weighted by Crippen LogP contribution is 2.23. The van der Waals surface area contributed by atoms with E-state index in [2.05, 4.69) is 15.5 Å². The number of nitrogens with zero attached hydrogens (tertiary/aromatic N) is 2. The molecule has 2 heterocycles. The van der Waals surface area contributed by atoms with Crippen molar-refractivity contribution in [1.29, 1.82) is 0 Å². The molecule has 2 amide bonds. The van der Waals surface area contributed by atoms with Gasteiger partial charge in [-0.1, -0.05) is 12.1 Å². The zero-order chi connectivity index (χ0) is 18.8. The molecule has 27 heavy (non-hydrogen) atoms. The second-order valence-electron chi connectivity index (χ2n) is 6.68. The second kappa shape index (κ2) is 7.11. The third-order valence-electron chi connectivity index (χ3n) is 4.83. The van der Waals surface area contributed by atoms with Gasteiger partial charge in [-0.05, 0) is 35.9 Å². The number of carbonyl (C=O) groups is 2. The first-order chi connectivity index (χ1) is 13.1. The summed E-state index contributed by atoms with van der Waals surface area (Å²) in [4.78, 5) is 26.6. The Hall–Kier alpha value is -3.35. The molecule has 138 valence electrons. The Morgan fingerprint density at radius 1 is 1.30 bits per heavy atom. The standard InChI is InChI=1S/C20H20N4O3/c1-27-17-6-2-13(3-7-17)11-24-12-15(8-19(24)25)20(26)22-16-5-4-14-10-21-23-18(14)9-16/h2-7,9-10,15H,8,11-12H2,1H3,(H,21,23)(H,22,26). The molecule has 2 aromatic carbocycles. The first kappa shape index (κ1) is 17.1. The molecule has 1 unspecified atom stereocenters. The number of aromatic nitrogens is 2. The summed E-state index contributed by atoms with van der Waals surface area (Å²) in [5.41, 5.74) is 2.56. The molecule has 0 spiro atoms. The third kappa shape index (κ3) is 3.62. The maximum atomic E-state index is 12.6. The summed E-state index contributed by atoms with van der Waals surface area (Å²) in [6.07, 6.45) is 1.96. The highest BCUT2D eigenvalue weighted by molar-refractivity contribution is 5.98. The number of aromatic amines is 1. The number of H-pyrrole nitrogens is 1. The Balaban J connectivity index is 1.39. The molecule has 7 nitrogen and oxygen atoms in total. The van der Waals surface area contributed by atoms with Crippen molar-refractivity contribution in [1.82, 2.24) is 15.1 Å². The van der Waals surface area contributed by atoms with Crippen LogP contribution in [0.25, 0.3) is 10.9 Å². The van der Waals surface area contributed by atoms with Crippen LogP contribution >= 0.6 is 0 Å². The maximum absolute atomic E-state index is 12.6. The molecule has 1 fully saturated rings. The van der Waals surface area contributed by atoms with Gasteiger partial charge in [0.25, 0.3) is 0 Å². The summed E-state index contributed by atoms with van der Waals surface area (Å²) in [6, 6.07) is 13.2. The molecular weight excluding hydrogens is 344 g/mol. The Kier molecular flexibility index (Phi) is 4.50. The average Bonchev–Trinajstić information content (AvgIpc) is 3.29. The minimum Gasteiger partial charge on any atom is -0.497 e. The molecule has 1 aromatic heterocycles. The van der Waals surface area contributed by atoms with E-state index >= 15 is 0 Å². The summed E-state index contributed by atoms with van der Waals surface area (Å²) >= 11 is 0. The van der Waals surface area contributed by atoms with E-state index < -0.39 is 0 Å². The van der Waals surface area contributed by atoms with Gasteiger partial charge in [0.1, 0.15) is 5.75 Å². The summed E-state index contributed by atoms with van der Waals surface area (Å²) < 4.78 is 5.15. The number of likely N-dealkylation sites (tertiary alicyclic amines) is 1. The lowest BCUT2D eigenvalue weighted by molar-refractivity contribution is -0.128. The van der Waals surface area contributed by atoms with Gasteiger partial charge in [0.15, 0.2) is 0 Å². The van der Waals surface area contributed by atoms with Crippen LogP contribution < -0.4 is 10.1 Å².